The molecule has 0 unspecified atom stereocenters. The molecular weight excluding hydrogens is 264 g/mol. The Morgan fingerprint density at radius 1 is 1.24 bits per heavy atom. The number of nitrogens with two attached hydrogens (primary N) is 1. The minimum atomic E-state index is -3.70. The van der Waals surface area contributed by atoms with Crippen molar-refractivity contribution in [3.05, 3.63) is 24.0 Å². The zero-order valence-electron chi connectivity index (χ0n) is 8.36. The molecule has 2 heterocycles. The molecule has 0 amide bonds. The summed E-state index contributed by atoms with van der Waals surface area (Å²) >= 11 is 1.18. The molecule has 0 saturated heterocycles. The number of nitrogens with zero attached hydrogens (tertiary/aromatic N) is 3. The van der Waals surface area contributed by atoms with Gasteiger partial charge in [0.05, 0.1) is 12.4 Å². The van der Waals surface area contributed by atoms with Crippen LogP contribution in [0, 0.1) is 0 Å². The van der Waals surface area contributed by atoms with Crippen molar-refractivity contribution in [1.29, 1.82) is 0 Å². The molecule has 0 aliphatic rings. The standard InChI is InChI=1S/C7H8N6O2S2/c8-12-6-10-3-5(4-11-6)17(14,15)13-7-9-1-2-16-7/h1-4H,8H2,(H,9,13)(H,10,11,12). The van der Waals surface area contributed by atoms with Crippen molar-refractivity contribution < 1.29 is 8.42 Å². The van der Waals surface area contributed by atoms with Crippen molar-refractivity contribution in [1.82, 2.24) is 15.0 Å². The first-order valence-electron chi connectivity index (χ1n) is 4.33. The van der Waals surface area contributed by atoms with Crippen molar-refractivity contribution in [2.24, 2.45) is 5.84 Å². The van der Waals surface area contributed by atoms with E-state index in [1.807, 2.05) is 0 Å². The van der Waals surface area contributed by atoms with Gasteiger partial charge >= 0.3 is 0 Å². The molecule has 90 valence electrons. The van der Waals surface area contributed by atoms with Gasteiger partial charge in [-0.3, -0.25) is 10.1 Å². The summed E-state index contributed by atoms with van der Waals surface area (Å²) in [4.78, 5) is 11.2. The van der Waals surface area contributed by atoms with Gasteiger partial charge in [0.15, 0.2) is 5.13 Å². The number of aromatic nitrogens is 3. The van der Waals surface area contributed by atoms with E-state index >= 15 is 0 Å². The number of anilines is 2. The molecule has 8 nitrogen and oxygen atoms in total. The lowest BCUT2D eigenvalue weighted by atomic mass is 10.7. The molecule has 2 aromatic rings. The second-order valence-corrected chi connectivity index (χ2v) is 5.41. The molecule has 17 heavy (non-hydrogen) atoms. The zero-order valence-corrected chi connectivity index (χ0v) is 9.99. The van der Waals surface area contributed by atoms with Crippen molar-refractivity contribution in [2.45, 2.75) is 4.90 Å². The largest absolute Gasteiger partial charge is 0.292 e. The van der Waals surface area contributed by atoms with Gasteiger partial charge in [0, 0.05) is 11.6 Å². The van der Waals surface area contributed by atoms with Crippen LogP contribution in [0.25, 0.3) is 0 Å². The van der Waals surface area contributed by atoms with E-state index in [4.69, 9.17) is 5.84 Å². The van der Waals surface area contributed by atoms with E-state index in [2.05, 4.69) is 25.1 Å². The van der Waals surface area contributed by atoms with Gasteiger partial charge in [0.2, 0.25) is 5.95 Å². The van der Waals surface area contributed by atoms with Gasteiger partial charge in [-0.05, 0) is 0 Å². The molecule has 0 atom stereocenters. The van der Waals surface area contributed by atoms with Crippen LogP contribution in [0.15, 0.2) is 28.9 Å². The first kappa shape index (κ1) is 11.7. The highest BCUT2D eigenvalue weighted by molar-refractivity contribution is 7.93. The number of thiazole rings is 1. The molecular formula is C7H8N6O2S2. The predicted octanol–water partition coefficient (Wildman–Crippen LogP) is 0.0195. The molecule has 2 aromatic heterocycles. The van der Waals surface area contributed by atoms with Crippen LogP contribution in [-0.4, -0.2) is 23.4 Å². The summed E-state index contributed by atoms with van der Waals surface area (Å²) in [6.45, 7) is 0. The Hall–Kier alpha value is -1.78. The molecule has 10 heteroatoms. The van der Waals surface area contributed by atoms with Crippen LogP contribution >= 0.6 is 11.3 Å². The normalized spacial score (nSPS) is 11.1. The summed E-state index contributed by atoms with van der Waals surface area (Å²) in [6, 6.07) is 0. The molecule has 0 radical (unpaired) electrons. The number of rotatable bonds is 4. The maximum absolute atomic E-state index is 11.8. The predicted molar refractivity (Wildman–Crippen MR) is 62.8 cm³/mol. The molecule has 0 saturated carbocycles. The van der Waals surface area contributed by atoms with E-state index in [-0.39, 0.29) is 16.0 Å². The lowest BCUT2D eigenvalue weighted by molar-refractivity contribution is 0.600. The minimum absolute atomic E-state index is 0.0632. The summed E-state index contributed by atoms with van der Waals surface area (Å²) in [7, 11) is -3.70. The second kappa shape index (κ2) is 4.61. The number of sulfonamides is 1. The SMILES string of the molecule is NNc1ncc(S(=O)(=O)Nc2nccs2)cn1. The van der Waals surface area contributed by atoms with Crippen LogP contribution in [-0.2, 0) is 10.0 Å². The maximum atomic E-state index is 11.8. The fourth-order valence-electron chi connectivity index (χ4n) is 0.977. The fraction of sp³-hybridized carbons (Fsp3) is 0. The average molecular weight is 272 g/mol. The summed E-state index contributed by atoms with van der Waals surface area (Å²) < 4.78 is 25.9. The quantitative estimate of drug-likeness (QED) is 0.529. The van der Waals surface area contributed by atoms with E-state index in [0.29, 0.717) is 0 Å². The first-order valence-corrected chi connectivity index (χ1v) is 6.69. The highest BCUT2D eigenvalue weighted by Crippen LogP contribution is 2.16. The van der Waals surface area contributed by atoms with Gasteiger partial charge in [-0.15, -0.1) is 11.3 Å². The number of hydrogen-bond acceptors (Lipinski definition) is 8. The molecule has 0 aliphatic carbocycles. The summed E-state index contributed by atoms with van der Waals surface area (Å²) in [5.74, 6) is 5.21. The van der Waals surface area contributed by atoms with E-state index < -0.39 is 10.0 Å². The van der Waals surface area contributed by atoms with E-state index in [1.54, 1.807) is 5.38 Å². The van der Waals surface area contributed by atoms with Crippen LogP contribution in [0.1, 0.15) is 0 Å². The van der Waals surface area contributed by atoms with Crippen molar-refractivity contribution in [2.75, 3.05) is 10.1 Å². The maximum Gasteiger partial charge on any atom is 0.266 e. The molecule has 0 fully saturated rings. The average Bonchev–Trinajstić information content (AvgIpc) is 2.81. The van der Waals surface area contributed by atoms with E-state index in [1.165, 1.54) is 17.5 Å². The van der Waals surface area contributed by atoms with Crippen LogP contribution in [0.5, 0.6) is 0 Å². The molecule has 0 aliphatic heterocycles. The highest BCUT2D eigenvalue weighted by Gasteiger charge is 2.16. The highest BCUT2D eigenvalue weighted by atomic mass is 32.2. The Bertz CT molecular complexity index is 579. The summed E-state index contributed by atoms with van der Waals surface area (Å²) in [5.41, 5.74) is 2.20. The third-order valence-electron chi connectivity index (χ3n) is 1.72. The molecule has 0 spiro atoms. The van der Waals surface area contributed by atoms with Crippen molar-refractivity contribution in [3.8, 4) is 0 Å². The fourth-order valence-corrected chi connectivity index (χ4v) is 2.65. The van der Waals surface area contributed by atoms with Crippen LogP contribution in [0.2, 0.25) is 0 Å². The third-order valence-corrected chi connectivity index (χ3v) is 3.83. The summed E-state index contributed by atoms with van der Waals surface area (Å²) in [5, 5.41) is 1.95. The Labute approximate surface area is 101 Å². The topological polar surface area (TPSA) is 123 Å². The number of nitrogen functional groups attached to an aromatic ring is 1. The number of hydrogen-bond donors (Lipinski definition) is 3. The minimum Gasteiger partial charge on any atom is -0.292 e. The van der Waals surface area contributed by atoms with Gasteiger partial charge in [0.1, 0.15) is 4.90 Å². The second-order valence-electron chi connectivity index (χ2n) is 2.83. The molecule has 4 N–H and O–H groups in total. The monoisotopic (exact) mass is 272 g/mol. The molecule has 0 bridgehead atoms. The van der Waals surface area contributed by atoms with Gasteiger partial charge in [-0.1, -0.05) is 0 Å². The van der Waals surface area contributed by atoms with Gasteiger partial charge in [-0.25, -0.2) is 29.2 Å². The van der Waals surface area contributed by atoms with E-state index in [0.717, 1.165) is 12.4 Å². The molecule has 0 aromatic carbocycles. The Morgan fingerprint density at radius 2 is 1.94 bits per heavy atom. The van der Waals surface area contributed by atoms with Crippen molar-refractivity contribution >= 4 is 32.4 Å². The van der Waals surface area contributed by atoms with Crippen LogP contribution in [0.3, 0.4) is 0 Å². The number of nitrogens with one attached hydrogen (secondary N) is 2. The lowest BCUT2D eigenvalue weighted by Gasteiger charge is -2.04. The Morgan fingerprint density at radius 3 is 2.47 bits per heavy atom. The zero-order chi connectivity index (χ0) is 12.3. The van der Waals surface area contributed by atoms with E-state index in [9.17, 15) is 8.42 Å². The van der Waals surface area contributed by atoms with Crippen LogP contribution in [0.4, 0.5) is 11.1 Å². The first-order chi connectivity index (χ1) is 8.12. The lowest BCUT2D eigenvalue weighted by Crippen LogP contribution is -2.15. The van der Waals surface area contributed by atoms with Gasteiger partial charge in [-0.2, -0.15) is 0 Å². The smallest absolute Gasteiger partial charge is 0.266 e. The third kappa shape index (κ3) is 2.67. The van der Waals surface area contributed by atoms with Gasteiger partial charge in [0.25, 0.3) is 10.0 Å². The number of hydrazine groups is 1. The Balaban J connectivity index is 2.25. The van der Waals surface area contributed by atoms with Crippen LogP contribution < -0.4 is 16.0 Å². The molecule has 2 rings (SSSR count). The van der Waals surface area contributed by atoms with Crippen molar-refractivity contribution in [3.63, 3.8) is 0 Å². The Kier molecular flexibility index (Phi) is 3.17. The van der Waals surface area contributed by atoms with Gasteiger partial charge < -0.3 is 0 Å². The summed E-state index contributed by atoms with van der Waals surface area (Å²) in [6.07, 6.45) is 3.80.